The molecule has 9 nitrogen and oxygen atoms in total. The number of nitrogens with zero attached hydrogens (tertiary/aromatic N) is 2. The van der Waals surface area contributed by atoms with Gasteiger partial charge in [-0.25, -0.2) is 13.1 Å². The van der Waals surface area contributed by atoms with Gasteiger partial charge in [-0.2, -0.15) is 0 Å². The number of carbonyl (C=O) groups is 1. The fourth-order valence-electron chi connectivity index (χ4n) is 2.34. The number of ether oxygens (including phenoxy) is 2. The molecule has 1 aromatic heterocycles. The van der Waals surface area contributed by atoms with Crippen LogP contribution < -0.4 is 19.5 Å². The van der Waals surface area contributed by atoms with Crippen molar-refractivity contribution in [3.63, 3.8) is 0 Å². The molecular weight excluding hydrogens is 487 g/mol. The predicted molar refractivity (Wildman–Crippen MR) is 118 cm³/mol. The SMILES string of the molecule is COc1ccccc1OCCNS(=O)(=O)c1nnc(NC(=O)c2ccc(Cl)cc2Cl)s1. The highest BCUT2D eigenvalue weighted by Crippen LogP contribution is 2.26. The average Bonchev–Trinajstić information content (AvgIpc) is 3.21. The van der Waals surface area contributed by atoms with E-state index in [1.807, 2.05) is 0 Å². The first-order valence-corrected chi connectivity index (χ1v) is 11.7. The van der Waals surface area contributed by atoms with Gasteiger partial charge in [0.1, 0.15) is 6.61 Å². The number of hydrogen-bond donors (Lipinski definition) is 2. The van der Waals surface area contributed by atoms with Crippen LogP contribution in [0.3, 0.4) is 0 Å². The molecule has 0 aliphatic heterocycles. The number of sulfonamides is 1. The first kappa shape index (κ1) is 23.2. The molecule has 0 aliphatic carbocycles. The summed E-state index contributed by atoms with van der Waals surface area (Å²) in [4.78, 5) is 12.3. The Kier molecular flexibility index (Phi) is 7.68. The third kappa shape index (κ3) is 6.05. The Hall–Kier alpha value is -2.44. The number of anilines is 1. The maximum atomic E-state index is 12.4. The fraction of sp³-hybridized carbons (Fsp3) is 0.167. The van der Waals surface area contributed by atoms with E-state index >= 15 is 0 Å². The van der Waals surface area contributed by atoms with E-state index in [4.69, 9.17) is 32.7 Å². The van der Waals surface area contributed by atoms with Crippen LogP contribution in [-0.2, 0) is 10.0 Å². The van der Waals surface area contributed by atoms with Gasteiger partial charge in [0.15, 0.2) is 11.5 Å². The second-order valence-electron chi connectivity index (χ2n) is 5.85. The number of carbonyl (C=O) groups excluding carboxylic acids is 1. The standard InChI is InChI=1S/C18H16Cl2N4O5S2/c1-28-14-4-2-3-5-15(14)29-9-8-21-31(26,27)18-24-23-17(30-18)22-16(25)12-7-6-11(19)10-13(12)20/h2-7,10,21H,8-9H2,1H3,(H,22,23,25). The number of rotatable bonds is 9. The predicted octanol–water partition coefficient (Wildman–Crippen LogP) is 3.46. The van der Waals surface area contributed by atoms with Crippen LogP contribution in [0, 0.1) is 0 Å². The van der Waals surface area contributed by atoms with Crippen LogP contribution in [0.2, 0.25) is 10.0 Å². The Balaban J connectivity index is 1.57. The molecule has 1 amide bonds. The van der Waals surface area contributed by atoms with Crippen LogP contribution in [0.4, 0.5) is 5.13 Å². The van der Waals surface area contributed by atoms with Gasteiger partial charge in [-0.1, -0.05) is 46.7 Å². The molecule has 0 radical (unpaired) electrons. The van der Waals surface area contributed by atoms with Gasteiger partial charge in [-0.3, -0.25) is 10.1 Å². The minimum absolute atomic E-state index is 0.00154. The molecule has 31 heavy (non-hydrogen) atoms. The van der Waals surface area contributed by atoms with Gasteiger partial charge in [0.05, 0.1) is 17.7 Å². The van der Waals surface area contributed by atoms with Gasteiger partial charge in [0, 0.05) is 11.6 Å². The van der Waals surface area contributed by atoms with Crippen molar-refractivity contribution in [2.45, 2.75) is 4.34 Å². The Bertz CT molecular complexity index is 1190. The van der Waals surface area contributed by atoms with Crippen LogP contribution in [0.5, 0.6) is 11.5 Å². The molecule has 164 valence electrons. The molecule has 2 N–H and O–H groups in total. The smallest absolute Gasteiger partial charge is 0.269 e. The quantitative estimate of drug-likeness (QED) is 0.339. The number of benzene rings is 2. The molecule has 0 fully saturated rings. The number of halogens is 2. The lowest BCUT2D eigenvalue weighted by Gasteiger charge is -2.10. The maximum Gasteiger partial charge on any atom is 0.269 e. The summed E-state index contributed by atoms with van der Waals surface area (Å²) in [7, 11) is -2.42. The first-order chi connectivity index (χ1) is 14.8. The van der Waals surface area contributed by atoms with Crippen LogP contribution in [0.15, 0.2) is 46.8 Å². The highest BCUT2D eigenvalue weighted by Gasteiger charge is 2.21. The molecule has 0 saturated heterocycles. The fourth-order valence-corrected chi connectivity index (χ4v) is 4.79. The Morgan fingerprint density at radius 3 is 2.58 bits per heavy atom. The maximum absolute atomic E-state index is 12.4. The molecule has 0 unspecified atom stereocenters. The number of amides is 1. The summed E-state index contributed by atoms with van der Waals surface area (Å²) >= 11 is 12.5. The Labute approximate surface area is 192 Å². The molecule has 3 rings (SSSR count). The van der Waals surface area contributed by atoms with Gasteiger partial charge in [-0.05, 0) is 30.3 Å². The van der Waals surface area contributed by atoms with Gasteiger partial charge in [0.2, 0.25) is 9.47 Å². The van der Waals surface area contributed by atoms with Crippen molar-refractivity contribution in [1.29, 1.82) is 0 Å². The molecule has 0 bridgehead atoms. The van der Waals surface area contributed by atoms with E-state index in [1.54, 1.807) is 24.3 Å². The molecule has 3 aromatic rings. The summed E-state index contributed by atoms with van der Waals surface area (Å²) in [6, 6.07) is 11.4. The lowest BCUT2D eigenvalue weighted by molar-refractivity contribution is 0.102. The monoisotopic (exact) mass is 502 g/mol. The molecule has 0 saturated carbocycles. The number of para-hydroxylation sites is 2. The van der Waals surface area contributed by atoms with E-state index < -0.39 is 15.9 Å². The third-order valence-electron chi connectivity index (χ3n) is 3.75. The summed E-state index contributed by atoms with van der Waals surface area (Å²) in [5.41, 5.74) is 0.164. The van der Waals surface area contributed by atoms with E-state index in [-0.39, 0.29) is 33.2 Å². The number of hydrogen-bond acceptors (Lipinski definition) is 8. The Morgan fingerprint density at radius 1 is 1.13 bits per heavy atom. The van der Waals surface area contributed by atoms with E-state index in [9.17, 15) is 13.2 Å². The minimum Gasteiger partial charge on any atom is -0.493 e. The van der Waals surface area contributed by atoms with Crippen LogP contribution in [-0.4, -0.2) is 44.8 Å². The Morgan fingerprint density at radius 2 is 1.87 bits per heavy atom. The third-order valence-corrected chi connectivity index (χ3v) is 6.97. The second kappa shape index (κ2) is 10.2. The van der Waals surface area contributed by atoms with Crippen molar-refractivity contribution in [3.8, 4) is 11.5 Å². The average molecular weight is 503 g/mol. The van der Waals surface area contributed by atoms with Gasteiger partial charge in [-0.15, -0.1) is 10.2 Å². The molecule has 1 heterocycles. The number of nitrogens with one attached hydrogen (secondary N) is 2. The largest absolute Gasteiger partial charge is 0.493 e. The lowest BCUT2D eigenvalue weighted by atomic mass is 10.2. The topological polar surface area (TPSA) is 120 Å². The molecule has 2 aromatic carbocycles. The summed E-state index contributed by atoms with van der Waals surface area (Å²) < 4.78 is 37.5. The zero-order valence-corrected chi connectivity index (χ0v) is 19.1. The second-order valence-corrected chi connectivity index (χ2v) is 9.61. The zero-order chi connectivity index (χ0) is 22.4. The van der Waals surface area contributed by atoms with E-state index in [1.165, 1.54) is 25.3 Å². The van der Waals surface area contributed by atoms with Crippen molar-refractivity contribution in [2.75, 3.05) is 25.6 Å². The van der Waals surface area contributed by atoms with Crippen molar-refractivity contribution in [3.05, 3.63) is 58.1 Å². The van der Waals surface area contributed by atoms with E-state index in [0.717, 1.165) is 0 Å². The highest BCUT2D eigenvalue weighted by molar-refractivity contribution is 7.91. The van der Waals surface area contributed by atoms with Gasteiger partial charge < -0.3 is 9.47 Å². The summed E-state index contributed by atoms with van der Waals surface area (Å²) in [5.74, 6) is 0.460. The summed E-state index contributed by atoms with van der Waals surface area (Å²) in [6.45, 7) is 0.0547. The van der Waals surface area contributed by atoms with Crippen molar-refractivity contribution in [1.82, 2.24) is 14.9 Å². The number of aromatic nitrogens is 2. The zero-order valence-electron chi connectivity index (χ0n) is 16.0. The van der Waals surface area contributed by atoms with Gasteiger partial charge >= 0.3 is 0 Å². The normalized spacial score (nSPS) is 11.2. The highest BCUT2D eigenvalue weighted by atomic mass is 35.5. The van der Waals surface area contributed by atoms with Crippen molar-refractivity contribution >= 4 is 55.6 Å². The minimum atomic E-state index is -3.93. The first-order valence-electron chi connectivity index (χ1n) is 8.65. The molecule has 0 spiro atoms. The number of methoxy groups -OCH3 is 1. The van der Waals surface area contributed by atoms with Crippen molar-refractivity contribution < 1.29 is 22.7 Å². The van der Waals surface area contributed by atoms with E-state index in [2.05, 4.69) is 20.2 Å². The van der Waals surface area contributed by atoms with Crippen LogP contribution in [0.25, 0.3) is 0 Å². The van der Waals surface area contributed by atoms with Gasteiger partial charge in [0.25, 0.3) is 15.9 Å². The molecule has 13 heteroatoms. The van der Waals surface area contributed by atoms with E-state index in [0.29, 0.717) is 27.9 Å². The molecule has 0 atom stereocenters. The lowest BCUT2D eigenvalue weighted by Crippen LogP contribution is -2.28. The summed E-state index contributed by atoms with van der Waals surface area (Å²) in [6.07, 6.45) is 0. The van der Waals surface area contributed by atoms with Crippen LogP contribution >= 0.6 is 34.5 Å². The molecule has 0 aliphatic rings. The molecular formula is C18H16Cl2N4O5S2. The van der Waals surface area contributed by atoms with Crippen LogP contribution in [0.1, 0.15) is 10.4 Å². The summed E-state index contributed by atoms with van der Waals surface area (Å²) in [5, 5.41) is 10.3. The van der Waals surface area contributed by atoms with Crippen molar-refractivity contribution in [2.24, 2.45) is 0 Å².